The molecule has 0 rings (SSSR count). The lowest BCUT2D eigenvalue weighted by Crippen LogP contribution is -2.10. The molecule has 0 bridgehead atoms. The number of aliphatic hydroxyl groups is 1. The minimum atomic E-state index is -0.0178. The highest BCUT2D eigenvalue weighted by Crippen LogP contribution is 2.23. The average molecular weight is 695 g/mol. The fraction of sp³-hybridized carbons (Fsp3) is 0.955. The summed E-state index contributed by atoms with van der Waals surface area (Å²) < 4.78 is 11.2. The van der Waals surface area contributed by atoms with Crippen LogP contribution in [0.25, 0.3) is 0 Å². The zero-order valence-corrected chi connectivity index (χ0v) is 33.6. The molecule has 0 unspecified atom stereocenters. The Morgan fingerprint density at radius 2 is 0.673 bits per heavy atom. The van der Waals surface area contributed by atoms with Crippen molar-refractivity contribution in [2.45, 2.75) is 233 Å². The number of rotatable bonds is 39. The van der Waals surface area contributed by atoms with E-state index in [0.29, 0.717) is 43.8 Å². The highest BCUT2D eigenvalue weighted by atomic mass is 16.5. The second-order valence-electron chi connectivity index (χ2n) is 15.4. The first kappa shape index (κ1) is 47.9. The van der Waals surface area contributed by atoms with Crippen LogP contribution in [0.3, 0.4) is 0 Å². The van der Waals surface area contributed by atoms with Gasteiger partial charge in [0.15, 0.2) is 0 Å². The number of unbranched alkanes of at least 4 members (excludes halogenated alkanes) is 16. The van der Waals surface area contributed by atoms with Crippen LogP contribution in [0.2, 0.25) is 0 Å². The summed E-state index contributed by atoms with van der Waals surface area (Å²) in [5.74, 6) is 1.80. The minimum Gasteiger partial charge on any atom is -0.466 e. The first-order valence-corrected chi connectivity index (χ1v) is 21.9. The van der Waals surface area contributed by atoms with E-state index in [2.05, 4.69) is 27.7 Å². The molecule has 0 aliphatic rings. The molecule has 0 radical (unpaired) electrons. The zero-order valence-electron chi connectivity index (χ0n) is 33.6. The lowest BCUT2D eigenvalue weighted by atomic mass is 9.92. The summed E-state index contributed by atoms with van der Waals surface area (Å²) in [6.45, 7) is 10.5. The van der Waals surface area contributed by atoms with Crippen molar-refractivity contribution in [3.8, 4) is 0 Å². The first-order valence-electron chi connectivity index (χ1n) is 21.9. The number of carbonyl (C=O) groups is 2. The molecule has 0 aliphatic heterocycles. The smallest absolute Gasteiger partial charge is 0.305 e. The van der Waals surface area contributed by atoms with Gasteiger partial charge < -0.3 is 14.6 Å². The molecular formula is C44H86O5. The van der Waals surface area contributed by atoms with E-state index in [1.54, 1.807) is 0 Å². The number of aliphatic hydroxyl groups excluding tert-OH is 1. The maximum Gasteiger partial charge on any atom is 0.305 e. The number of esters is 2. The summed E-state index contributed by atoms with van der Waals surface area (Å²) in [5, 5.41) is 9.85. The summed E-state index contributed by atoms with van der Waals surface area (Å²) in [5.41, 5.74) is 0. The molecule has 0 aromatic carbocycles. The van der Waals surface area contributed by atoms with Crippen molar-refractivity contribution in [1.29, 1.82) is 0 Å². The predicted octanol–water partition coefficient (Wildman–Crippen LogP) is 13.5. The maximum absolute atomic E-state index is 12.2. The maximum atomic E-state index is 12.2. The second kappa shape index (κ2) is 38.1. The molecule has 1 N–H and O–H groups in total. The van der Waals surface area contributed by atoms with Crippen molar-refractivity contribution in [1.82, 2.24) is 0 Å². The molecule has 0 fully saturated rings. The van der Waals surface area contributed by atoms with Gasteiger partial charge in [-0.15, -0.1) is 0 Å². The van der Waals surface area contributed by atoms with Gasteiger partial charge in [0.2, 0.25) is 0 Å². The molecule has 0 saturated carbocycles. The molecule has 49 heavy (non-hydrogen) atoms. The third kappa shape index (κ3) is 33.8. The first-order chi connectivity index (χ1) is 24.0. The summed E-state index contributed by atoms with van der Waals surface area (Å²) in [4.78, 5) is 24.5. The van der Waals surface area contributed by atoms with Crippen LogP contribution in [0.1, 0.15) is 233 Å². The number of carbonyl (C=O) groups excluding carboxylic acids is 2. The van der Waals surface area contributed by atoms with E-state index >= 15 is 0 Å². The fourth-order valence-electron chi connectivity index (χ4n) is 7.21. The molecule has 0 spiro atoms. The van der Waals surface area contributed by atoms with Crippen LogP contribution in [0.15, 0.2) is 0 Å². The van der Waals surface area contributed by atoms with Crippen LogP contribution in [0.5, 0.6) is 0 Å². The highest BCUT2D eigenvalue weighted by molar-refractivity contribution is 5.69. The Balaban J connectivity index is 3.80. The molecule has 0 aromatic heterocycles. The van der Waals surface area contributed by atoms with Gasteiger partial charge in [-0.05, 0) is 56.3 Å². The van der Waals surface area contributed by atoms with E-state index < -0.39 is 0 Å². The van der Waals surface area contributed by atoms with Crippen molar-refractivity contribution in [3.63, 3.8) is 0 Å². The van der Waals surface area contributed by atoms with E-state index in [0.717, 1.165) is 77.0 Å². The Morgan fingerprint density at radius 3 is 1.00 bits per heavy atom. The molecule has 0 aromatic rings. The number of ether oxygens (including phenoxy) is 2. The molecule has 0 heterocycles. The van der Waals surface area contributed by atoms with E-state index in [1.165, 1.54) is 116 Å². The van der Waals surface area contributed by atoms with Gasteiger partial charge in [-0.1, -0.05) is 182 Å². The second-order valence-corrected chi connectivity index (χ2v) is 15.4. The number of hydrogen-bond donors (Lipinski definition) is 1. The SMILES string of the molecule is CCCCCC(CCCCC)CCOC(=O)CCCCCCCC(CO)CCCCCCCC(=O)OCCC(CCCCC)CCCCC. The molecule has 292 valence electrons. The Kier molecular flexibility index (Phi) is 37.3. The summed E-state index contributed by atoms with van der Waals surface area (Å²) in [6, 6.07) is 0. The quantitative estimate of drug-likeness (QED) is 0.0512. The van der Waals surface area contributed by atoms with Gasteiger partial charge in [-0.2, -0.15) is 0 Å². The van der Waals surface area contributed by atoms with Crippen molar-refractivity contribution in [2.75, 3.05) is 19.8 Å². The summed E-state index contributed by atoms with van der Waals surface area (Å²) in [7, 11) is 0. The van der Waals surface area contributed by atoms with E-state index in [9.17, 15) is 14.7 Å². The van der Waals surface area contributed by atoms with E-state index in [4.69, 9.17) is 9.47 Å². The standard InChI is InChI=1S/C44H86O5/c1-5-9-19-27-40(28-20-10-6-2)35-37-48-43(46)33-25-17-13-15-23-31-42(39-45)32-24-16-14-18-26-34-44(47)49-38-36-41(29-21-11-7-3)30-22-12-8-4/h40-42,45H,5-39H2,1-4H3. The van der Waals surface area contributed by atoms with Gasteiger partial charge in [-0.25, -0.2) is 0 Å². The highest BCUT2D eigenvalue weighted by Gasteiger charge is 2.12. The van der Waals surface area contributed by atoms with E-state index in [1.807, 2.05) is 0 Å². The predicted molar refractivity (Wildman–Crippen MR) is 210 cm³/mol. The van der Waals surface area contributed by atoms with Crippen LogP contribution in [-0.2, 0) is 19.1 Å². The van der Waals surface area contributed by atoms with E-state index in [-0.39, 0.29) is 18.5 Å². The Bertz CT molecular complexity index is 619. The lowest BCUT2D eigenvalue weighted by Gasteiger charge is -2.17. The van der Waals surface area contributed by atoms with Crippen LogP contribution < -0.4 is 0 Å². The van der Waals surface area contributed by atoms with Crippen molar-refractivity contribution in [2.24, 2.45) is 17.8 Å². The summed E-state index contributed by atoms with van der Waals surface area (Å²) >= 11 is 0. The van der Waals surface area contributed by atoms with Gasteiger partial charge in [0, 0.05) is 19.4 Å². The fourth-order valence-corrected chi connectivity index (χ4v) is 7.21. The normalized spacial score (nSPS) is 11.7. The minimum absolute atomic E-state index is 0.0178. The monoisotopic (exact) mass is 695 g/mol. The average Bonchev–Trinajstić information content (AvgIpc) is 3.09. The topological polar surface area (TPSA) is 72.8 Å². The van der Waals surface area contributed by atoms with Gasteiger partial charge in [-0.3, -0.25) is 9.59 Å². The zero-order chi connectivity index (χ0) is 36.0. The van der Waals surface area contributed by atoms with Crippen molar-refractivity contribution >= 4 is 11.9 Å². The van der Waals surface area contributed by atoms with Gasteiger partial charge in [0.25, 0.3) is 0 Å². The third-order valence-corrected chi connectivity index (χ3v) is 10.7. The molecule has 5 heteroatoms. The van der Waals surface area contributed by atoms with Crippen molar-refractivity contribution in [3.05, 3.63) is 0 Å². The van der Waals surface area contributed by atoms with Gasteiger partial charge in [0.1, 0.15) is 0 Å². The molecule has 0 aliphatic carbocycles. The Labute approximate surface area is 306 Å². The largest absolute Gasteiger partial charge is 0.466 e. The van der Waals surface area contributed by atoms with Crippen molar-refractivity contribution < 1.29 is 24.2 Å². The van der Waals surface area contributed by atoms with Crippen LogP contribution in [0, 0.1) is 17.8 Å². The summed E-state index contributed by atoms with van der Waals surface area (Å²) in [6.07, 6.45) is 37.0. The number of hydrogen-bond acceptors (Lipinski definition) is 5. The van der Waals surface area contributed by atoms with Crippen LogP contribution >= 0.6 is 0 Å². The molecule has 0 atom stereocenters. The van der Waals surface area contributed by atoms with Gasteiger partial charge >= 0.3 is 11.9 Å². The van der Waals surface area contributed by atoms with Crippen LogP contribution in [-0.4, -0.2) is 36.9 Å². The third-order valence-electron chi connectivity index (χ3n) is 10.7. The lowest BCUT2D eigenvalue weighted by molar-refractivity contribution is -0.145. The molecule has 0 amide bonds. The molecular weight excluding hydrogens is 608 g/mol. The Hall–Kier alpha value is -1.10. The van der Waals surface area contributed by atoms with Crippen LogP contribution in [0.4, 0.5) is 0 Å². The van der Waals surface area contributed by atoms with Gasteiger partial charge in [0.05, 0.1) is 13.2 Å². The Morgan fingerprint density at radius 1 is 0.388 bits per heavy atom. The molecule has 5 nitrogen and oxygen atoms in total. The molecule has 0 saturated heterocycles.